The molecule has 1 N–H and O–H groups in total. The van der Waals surface area contributed by atoms with Gasteiger partial charge in [-0.2, -0.15) is 0 Å². The molecule has 2 aromatic carbocycles. The van der Waals surface area contributed by atoms with Crippen LogP contribution in [0.2, 0.25) is 0 Å². The van der Waals surface area contributed by atoms with E-state index in [0.29, 0.717) is 54.6 Å². The van der Waals surface area contributed by atoms with Gasteiger partial charge in [0.2, 0.25) is 0 Å². The lowest BCUT2D eigenvalue weighted by Crippen LogP contribution is -2.32. The minimum atomic E-state index is -0.756. The summed E-state index contributed by atoms with van der Waals surface area (Å²) < 4.78 is 16.9. The van der Waals surface area contributed by atoms with Crippen LogP contribution >= 0.6 is 0 Å². The zero-order chi connectivity index (χ0) is 26.2. The first-order valence-electron chi connectivity index (χ1n) is 12.3. The van der Waals surface area contributed by atoms with Gasteiger partial charge in [-0.25, -0.2) is 0 Å². The first-order chi connectivity index (χ1) is 17.3. The lowest BCUT2D eigenvalue weighted by atomic mass is 9.95. The number of benzene rings is 2. The van der Waals surface area contributed by atoms with Crippen molar-refractivity contribution >= 4 is 17.4 Å². The van der Waals surface area contributed by atoms with Crippen molar-refractivity contribution in [1.29, 1.82) is 0 Å². The molecular weight excluding hydrogens is 460 g/mol. The molecular formula is C28H36N2O6. The number of Topliss-reactive ketones (excluding diaryl/α,β-unsaturated/α-hetero) is 1. The van der Waals surface area contributed by atoms with E-state index in [1.165, 1.54) is 0 Å². The van der Waals surface area contributed by atoms with E-state index in [2.05, 4.69) is 0 Å². The highest BCUT2D eigenvalue weighted by Gasteiger charge is 2.46. The van der Waals surface area contributed by atoms with Gasteiger partial charge < -0.3 is 29.1 Å². The van der Waals surface area contributed by atoms with Crippen LogP contribution in [0, 0.1) is 0 Å². The van der Waals surface area contributed by atoms with Crippen molar-refractivity contribution in [2.24, 2.45) is 0 Å². The average Bonchev–Trinajstić information content (AvgIpc) is 3.12. The molecule has 0 bridgehead atoms. The maximum atomic E-state index is 13.3. The smallest absolute Gasteiger partial charge is 0.295 e. The molecule has 1 heterocycles. The predicted octanol–water partition coefficient (Wildman–Crippen LogP) is 4.26. The lowest BCUT2D eigenvalue weighted by Gasteiger charge is -2.26. The summed E-state index contributed by atoms with van der Waals surface area (Å²) in [5.41, 5.74) is 1.15. The SMILES string of the molecule is CCCOc1ccc(C2C(=C(O)c3ccc(OC)cc3)C(=O)C(=O)N2CCCN(C)C)cc1OCC. The molecule has 36 heavy (non-hydrogen) atoms. The second-order valence-corrected chi connectivity index (χ2v) is 8.87. The molecule has 0 spiro atoms. The van der Waals surface area contributed by atoms with Crippen LogP contribution in [0.3, 0.4) is 0 Å². The van der Waals surface area contributed by atoms with Crippen LogP contribution < -0.4 is 14.2 Å². The standard InChI is InChI=1S/C28H36N2O6/c1-6-17-36-22-14-11-20(18-23(22)35-7-2)25-24(26(31)19-9-12-21(34-5)13-10-19)27(32)28(33)30(25)16-8-15-29(3)4/h9-14,18,25,31H,6-8,15-17H2,1-5H3. The van der Waals surface area contributed by atoms with E-state index >= 15 is 0 Å². The number of ether oxygens (including phenoxy) is 3. The summed E-state index contributed by atoms with van der Waals surface area (Å²) in [4.78, 5) is 30.0. The number of ketones is 1. The molecule has 1 amide bonds. The van der Waals surface area contributed by atoms with Crippen molar-refractivity contribution in [2.45, 2.75) is 32.7 Å². The van der Waals surface area contributed by atoms with E-state index in [-0.39, 0.29) is 11.3 Å². The molecule has 8 nitrogen and oxygen atoms in total. The molecule has 8 heteroatoms. The van der Waals surface area contributed by atoms with Gasteiger partial charge in [-0.3, -0.25) is 9.59 Å². The van der Waals surface area contributed by atoms with Crippen molar-refractivity contribution in [1.82, 2.24) is 9.80 Å². The summed E-state index contributed by atoms with van der Waals surface area (Å²) in [7, 11) is 5.47. The Bertz CT molecular complexity index is 1090. The number of aliphatic hydroxyl groups excluding tert-OH is 1. The third-order valence-corrected chi connectivity index (χ3v) is 5.95. The molecule has 0 aliphatic carbocycles. The fourth-order valence-electron chi connectivity index (χ4n) is 4.21. The van der Waals surface area contributed by atoms with Crippen molar-refractivity contribution in [3.8, 4) is 17.2 Å². The Hall–Kier alpha value is -3.52. The van der Waals surface area contributed by atoms with Crippen molar-refractivity contribution in [3.63, 3.8) is 0 Å². The van der Waals surface area contributed by atoms with Crippen LogP contribution in [0.4, 0.5) is 0 Å². The Kier molecular flexibility index (Phi) is 9.36. The monoisotopic (exact) mass is 496 g/mol. The summed E-state index contributed by atoms with van der Waals surface area (Å²) in [5.74, 6) is 0.200. The quantitative estimate of drug-likeness (QED) is 0.267. The Morgan fingerprint density at radius 3 is 2.36 bits per heavy atom. The normalized spacial score (nSPS) is 17.1. The van der Waals surface area contributed by atoms with Gasteiger partial charge in [0, 0.05) is 12.1 Å². The Labute approximate surface area is 213 Å². The number of methoxy groups -OCH3 is 1. The molecule has 3 rings (SSSR count). The van der Waals surface area contributed by atoms with Gasteiger partial charge in [0.1, 0.15) is 11.5 Å². The van der Waals surface area contributed by atoms with Crippen molar-refractivity contribution < 1.29 is 28.9 Å². The number of nitrogens with zero attached hydrogens (tertiary/aromatic N) is 2. The zero-order valence-corrected chi connectivity index (χ0v) is 21.7. The molecule has 1 aliphatic heterocycles. The van der Waals surface area contributed by atoms with Crippen LogP contribution in [0.25, 0.3) is 5.76 Å². The predicted molar refractivity (Wildman–Crippen MR) is 139 cm³/mol. The van der Waals surface area contributed by atoms with Crippen molar-refractivity contribution in [3.05, 3.63) is 59.2 Å². The van der Waals surface area contributed by atoms with Crippen LogP contribution in [-0.2, 0) is 9.59 Å². The van der Waals surface area contributed by atoms with E-state index in [1.54, 1.807) is 48.4 Å². The highest BCUT2D eigenvalue weighted by atomic mass is 16.5. The highest BCUT2D eigenvalue weighted by Crippen LogP contribution is 2.42. The third kappa shape index (κ3) is 5.99. The van der Waals surface area contributed by atoms with E-state index < -0.39 is 17.7 Å². The second-order valence-electron chi connectivity index (χ2n) is 8.87. The number of aliphatic hydroxyl groups is 1. The largest absolute Gasteiger partial charge is 0.507 e. The molecule has 194 valence electrons. The highest BCUT2D eigenvalue weighted by molar-refractivity contribution is 6.46. The summed E-state index contributed by atoms with van der Waals surface area (Å²) in [6.45, 7) is 6.00. The first-order valence-corrected chi connectivity index (χ1v) is 12.3. The average molecular weight is 497 g/mol. The Morgan fingerprint density at radius 1 is 1.03 bits per heavy atom. The Balaban J connectivity index is 2.11. The molecule has 0 saturated carbocycles. The van der Waals surface area contributed by atoms with Crippen LogP contribution in [0.5, 0.6) is 17.2 Å². The second kappa shape index (κ2) is 12.4. The maximum absolute atomic E-state index is 13.3. The van der Waals surface area contributed by atoms with Gasteiger partial charge in [-0.1, -0.05) is 13.0 Å². The molecule has 2 aromatic rings. The minimum Gasteiger partial charge on any atom is -0.507 e. The minimum absolute atomic E-state index is 0.0553. The molecule has 1 fully saturated rings. The van der Waals surface area contributed by atoms with Gasteiger partial charge in [0.15, 0.2) is 11.5 Å². The Morgan fingerprint density at radius 2 is 1.75 bits per heavy atom. The molecule has 1 unspecified atom stereocenters. The van der Waals surface area contributed by atoms with E-state index in [1.807, 2.05) is 38.9 Å². The van der Waals surface area contributed by atoms with Crippen molar-refractivity contribution in [2.75, 3.05) is 47.5 Å². The lowest BCUT2D eigenvalue weighted by molar-refractivity contribution is -0.139. The van der Waals surface area contributed by atoms with Gasteiger partial charge in [-0.15, -0.1) is 0 Å². The van der Waals surface area contributed by atoms with E-state index in [4.69, 9.17) is 14.2 Å². The molecule has 1 saturated heterocycles. The van der Waals surface area contributed by atoms with E-state index in [0.717, 1.165) is 13.0 Å². The molecule has 1 atom stereocenters. The summed E-state index contributed by atoms with van der Waals surface area (Å²) in [6, 6.07) is 11.4. The number of rotatable bonds is 12. The zero-order valence-electron chi connectivity index (χ0n) is 21.7. The summed E-state index contributed by atoms with van der Waals surface area (Å²) in [5, 5.41) is 11.3. The van der Waals surface area contributed by atoms with Crippen LogP contribution in [0.15, 0.2) is 48.0 Å². The number of carbonyl (C=O) groups is 2. The number of carbonyl (C=O) groups excluding carboxylic acids is 2. The van der Waals surface area contributed by atoms with Crippen LogP contribution in [-0.4, -0.2) is 74.1 Å². The molecule has 1 aliphatic rings. The fourth-order valence-corrected chi connectivity index (χ4v) is 4.21. The third-order valence-electron chi connectivity index (χ3n) is 5.95. The van der Waals surface area contributed by atoms with Gasteiger partial charge >= 0.3 is 0 Å². The fraction of sp³-hybridized carbons (Fsp3) is 0.429. The van der Waals surface area contributed by atoms with Gasteiger partial charge in [-0.05, 0) is 82.4 Å². The molecule has 0 aromatic heterocycles. The number of hydrogen-bond acceptors (Lipinski definition) is 7. The molecule has 0 radical (unpaired) electrons. The van der Waals surface area contributed by atoms with E-state index in [9.17, 15) is 14.7 Å². The topological polar surface area (TPSA) is 88.5 Å². The van der Waals surface area contributed by atoms with Gasteiger partial charge in [0.25, 0.3) is 11.7 Å². The summed E-state index contributed by atoms with van der Waals surface area (Å²) in [6.07, 6.45) is 1.52. The number of amides is 1. The summed E-state index contributed by atoms with van der Waals surface area (Å²) >= 11 is 0. The van der Waals surface area contributed by atoms with Gasteiger partial charge in [0.05, 0.1) is 31.9 Å². The number of likely N-dealkylation sites (tertiary alicyclic amines) is 1. The maximum Gasteiger partial charge on any atom is 0.295 e. The van der Waals surface area contributed by atoms with Crippen LogP contribution in [0.1, 0.15) is 43.9 Å². The number of hydrogen-bond donors (Lipinski definition) is 1. The first kappa shape index (κ1) is 27.1.